The fourth-order valence-electron chi connectivity index (χ4n) is 1.34. The smallest absolute Gasteiger partial charge is 0.317 e. The molecule has 86 valence electrons. The zero-order valence-corrected chi connectivity index (χ0v) is 8.86. The average molecular weight is 216 g/mol. The number of hydrogen-bond acceptors (Lipinski definition) is 5. The Bertz CT molecular complexity index is 220. The van der Waals surface area contributed by atoms with Gasteiger partial charge in [-0.1, -0.05) is 0 Å². The maximum atomic E-state index is 11.1. The van der Waals surface area contributed by atoms with Gasteiger partial charge in [-0.25, -0.2) is 0 Å². The molecule has 0 aromatic heterocycles. The van der Waals surface area contributed by atoms with Gasteiger partial charge in [0, 0.05) is 6.61 Å². The lowest BCUT2D eigenvalue weighted by Gasteiger charge is -2.09. The summed E-state index contributed by atoms with van der Waals surface area (Å²) in [5.41, 5.74) is 0. The van der Waals surface area contributed by atoms with Gasteiger partial charge >= 0.3 is 11.9 Å². The Hall–Kier alpha value is -1.10. The minimum absolute atomic E-state index is 0.00357. The van der Waals surface area contributed by atoms with E-state index in [1.807, 2.05) is 0 Å². The first-order valence-corrected chi connectivity index (χ1v) is 5.15. The second kappa shape index (κ2) is 6.40. The monoisotopic (exact) mass is 216 g/mol. The summed E-state index contributed by atoms with van der Waals surface area (Å²) in [6.07, 6.45) is 1.59. The molecule has 1 aliphatic rings. The van der Waals surface area contributed by atoms with Crippen LogP contribution in [0.15, 0.2) is 0 Å². The Labute approximate surface area is 88.7 Å². The number of carbonyl (C=O) groups excluding carboxylic acids is 2. The van der Waals surface area contributed by atoms with Gasteiger partial charge in [-0.2, -0.15) is 0 Å². The molecule has 1 saturated heterocycles. The van der Waals surface area contributed by atoms with Crippen LogP contribution in [0.2, 0.25) is 0 Å². The van der Waals surface area contributed by atoms with E-state index < -0.39 is 11.9 Å². The normalized spacial score (nSPS) is 19.9. The van der Waals surface area contributed by atoms with Gasteiger partial charge in [-0.05, 0) is 19.8 Å². The first-order valence-electron chi connectivity index (χ1n) is 5.15. The van der Waals surface area contributed by atoms with Crippen LogP contribution in [-0.2, 0) is 23.8 Å². The molecule has 5 heteroatoms. The van der Waals surface area contributed by atoms with E-state index in [9.17, 15) is 9.59 Å². The van der Waals surface area contributed by atoms with Crippen molar-refractivity contribution in [1.82, 2.24) is 0 Å². The molecule has 0 radical (unpaired) electrons. The number of carbonyl (C=O) groups is 2. The van der Waals surface area contributed by atoms with Gasteiger partial charge in [0.25, 0.3) is 0 Å². The van der Waals surface area contributed by atoms with Crippen molar-refractivity contribution in [1.29, 1.82) is 0 Å². The van der Waals surface area contributed by atoms with E-state index in [0.29, 0.717) is 0 Å². The molecule has 0 aromatic rings. The van der Waals surface area contributed by atoms with Crippen molar-refractivity contribution >= 4 is 11.9 Å². The van der Waals surface area contributed by atoms with Crippen LogP contribution in [0.25, 0.3) is 0 Å². The van der Waals surface area contributed by atoms with Crippen LogP contribution in [-0.4, -0.2) is 37.9 Å². The predicted molar refractivity (Wildman–Crippen MR) is 51.2 cm³/mol. The Morgan fingerprint density at radius 1 is 1.33 bits per heavy atom. The molecule has 0 aliphatic carbocycles. The SMILES string of the molecule is CCOC(=O)CC(=O)OCC1CCCO1. The Morgan fingerprint density at radius 3 is 2.67 bits per heavy atom. The van der Waals surface area contributed by atoms with Crippen LogP contribution >= 0.6 is 0 Å². The molecule has 5 nitrogen and oxygen atoms in total. The lowest BCUT2D eigenvalue weighted by molar-refractivity contribution is -0.156. The molecule has 0 spiro atoms. The van der Waals surface area contributed by atoms with Crippen LogP contribution in [0.5, 0.6) is 0 Å². The summed E-state index contributed by atoms with van der Waals surface area (Å²) in [4.78, 5) is 22.0. The lowest BCUT2D eigenvalue weighted by atomic mass is 10.2. The predicted octanol–water partition coefficient (Wildman–Crippen LogP) is 0.662. The molecule has 0 bridgehead atoms. The van der Waals surface area contributed by atoms with Gasteiger partial charge in [0.1, 0.15) is 13.0 Å². The summed E-state index contributed by atoms with van der Waals surface area (Å²) in [6.45, 7) is 2.92. The molecule has 1 aliphatic heterocycles. The summed E-state index contributed by atoms with van der Waals surface area (Å²) in [5.74, 6) is -1.10. The van der Waals surface area contributed by atoms with E-state index in [1.54, 1.807) is 6.92 Å². The molecule has 1 heterocycles. The first-order chi connectivity index (χ1) is 7.22. The van der Waals surface area contributed by atoms with Gasteiger partial charge < -0.3 is 14.2 Å². The van der Waals surface area contributed by atoms with Crippen LogP contribution in [0, 0.1) is 0 Å². The Balaban J connectivity index is 2.09. The van der Waals surface area contributed by atoms with E-state index in [-0.39, 0.29) is 25.7 Å². The van der Waals surface area contributed by atoms with Crippen molar-refractivity contribution in [2.45, 2.75) is 32.3 Å². The van der Waals surface area contributed by atoms with Gasteiger partial charge in [0.2, 0.25) is 0 Å². The quantitative estimate of drug-likeness (QED) is 0.499. The standard InChI is InChI=1S/C10H16O5/c1-2-13-9(11)6-10(12)15-7-8-4-3-5-14-8/h8H,2-7H2,1H3. The van der Waals surface area contributed by atoms with Crippen LogP contribution in [0.4, 0.5) is 0 Å². The largest absolute Gasteiger partial charge is 0.466 e. The molecular formula is C10H16O5. The van der Waals surface area contributed by atoms with E-state index in [0.717, 1.165) is 19.4 Å². The van der Waals surface area contributed by atoms with E-state index in [4.69, 9.17) is 9.47 Å². The molecule has 1 rings (SSSR count). The van der Waals surface area contributed by atoms with Crippen molar-refractivity contribution in [3.05, 3.63) is 0 Å². The fraction of sp³-hybridized carbons (Fsp3) is 0.800. The van der Waals surface area contributed by atoms with Gasteiger partial charge in [-0.3, -0.25) is 9.59 Å². The van der Waals surface area contributed by atoms with Crippen LogP contribution in [0.1, 0.15) is 26.2 Å². The maximum absolute atomic E-state index is 11.1. The third-order valence-corrected chi connectivity index (χ3v) is 2.05. The van der Waals surface area contributed by atoms with Crippen molar-refractivity contribution in [2.75, 3.05) is 19.8 Å². The number of rotatable bonds is 5. The van der Waals surface area contributed by atoms with Crippen molar-refractivity contribution < 1.29 is 23.8 Å². The minimum atomic E-state index is -0.552. The van der Waals surface area contributed by atoms with Gasteiger partial charge in [-0.15, -0.1) is 0 Å². The van der Waals surface area contributed by atoms with Crippen molar-refractivity contribution in [3.63, 3.8) is 0 Å². The van der Waals surface area contributed by atoms with Crippen molar-refractivity contribution in [3.8, 4) is 0 Å². The molecule has 0 saturated carbocycles. The lowest BCUT2D eigenvalue weighted by Crippen LogP contribution is -2.20. The summed E-state index contributed by atoms with van der Waals surface area (Å²) in [5, 5.41) is 0. The molecule has 1 fully saturated rings. The zero-order valence-electron chi connectivity index (χ0n) is 8.86. The highest BCUT2D eigenvalue weighted by atomic mass is 16.6. The highest BCUT2D eigenvalue weighted by molar-refractivity contribution is 5.91. The summed E-state index contributed by atoms with van der Waals surface area (Å²) < 4.78 is 14.8. The third-order valence-electron chi connectivity index (χ3n) is 2.05. The number of ether oxygens (including phenoxy) is 3. The van der Waals surface area contributed by atoms with E-state index in [2.05, 4.69) is 4.74 Å². The molecular weight excluding hydrogens is 200 g/mol. The molecule has 0 amide bonds. The molecule has 1 unspecified atom stereocenters. The van der Waals surface area contributed by atoms with Crippen LogP contribution < -0.4 is 0 Å². The zero-order chi connectivity index (χ0) is 11.1. The topological polar surface area (TPSA) is 61.8 Å². The van der Waals surface area contributed by atoms with Crippen LogP contribution in [0.3, 0.4) is 0 Å². The summed E-state index contributed by atoms with van der Waals surface area (Å²) in [7, 11) is 0. The molecule has 15 heavy (non-hydrogen) atoms. The average Bonchev–Trinajstić information content (AvgIpc) is 2.67. The van der Waals surface area contributed by atoms with Gasteiger partial charge in [0.15, 0.2) is 0 Å². The summed E-state index contributed by atoms with van der Waals surface area (Å²) in [6, 6.07) is 0. The van der Waals surface area contributed by atoms with E-state index >= 15 is 0 Å². The second-order valence-electron chi connectivity index (χ2n) is 3.30. The molecule has 1 atom stereocenters. The van der Waals surface area contributed by atoms with Crippen molar-refractivity contribution in [2.24, 2.45) is 0 Å². The first kappa shape index (κ1) is 12.0. The van der Waals surface area contributed by atoms with E-state index in [1.165, 1.54) is 0 Å². The minimum Gasteiger partial charge on any atom is -0.466 e. The second-order valence-corrected chi connectivity index (χ2v) is 3.30. The van der Waals surface area contributed by atoms with Gasteiger partial charge in [0.05, 0.1) is 12.7 Å². The third kappa shape index (κ3) is 4.78. The maximum Gasteiger partial charge on any atom is 0.317 e. The molecule has 0 aromatic carbocycles. The fourth-order valence-corrected chi connectivity index (χ4v) is 1.34. The summed E-state index contributed by atoms with van der Waals surface area (Å²) >= 11 is 0. The number of esters is 2. The Morgan fingerprint density at radius 2 is 2.07 bits per heavy atom. The Kier molecular flexibility index (Phi) is 5.10. The number of hydrogen-bond donors (Lipinski definition) is 0. The molecule has 0 N–H and O–H groups in total. The highest BCUT2D eigenvalue weighted by Gasteiger charge is 2.18. The highest BCUT2D eigenvalue weighted by Crippen LogP contribution is 2.12.